The first-order valence-corrected chi connectivity index (χ1v) is 4.81. The van der Waals surface area contributed by atoms with E-state index in [0.29, 0.717) is 6.04 Å². The summed E-state index contributed by atoms with van der Waals surface area (Å²) < 4.78 is 0. The van der Waals surface area contributed by atoms with Crippen molar-refractivity contribution in [3.8, 4) is 0 Å². The van der Waals surface area contributed by atoms with E-state index in [1.165, 1.54) is 0 Å². The lowest BCUT2D eigenvalue weighted by Crippen LogP contribution is -2.23. The van der Waals surface area contributed by atoms with E-state index in [2.05, 4.69) is 34.3 Å². The molecule has 0 saturated heterocycles. The Kier molecular flexibility index (Phi) is 4.49. The van der Waals surface area contributed by atoms with Crippen molar-refractivity contribution in [2.24, 2.45) is 0 Å². The fourth-order valence-corrected chi connectivity index (χ4v) is 1.36. The molecule has 14 heavy (non-hydrogen) atoms. The largest absolute Gasteiger partial charge is 0.313 e. The van der Waals surface area contributed by atoms with E-state index in [1.54, 1.807) is 6.33 Å². The summed E-state index contributed by atoms with van der Waals surface area (Å²) in [6, 6.07) is 0.346. The predicted octanol–water partition coefficient (Wildman–Crippen LogP) is 0.689. The van der Waals surface area contributed by atoms with Gasteiger partial charge >= 0.3 is 0 Å². The third-order valence-electron chi connectivity index (χ3n) is 2.20. The Morgan fingerprint density at radius 3 is 2.50 bits per heavy atom. The molecule has 0 bridgehead atoms. The van der Waals surface area contributed by atoms with Crippen molar-refractivity contribution < 1.29 is 0 Å². The molecule has 1 atom stereocenters. The molecule has 78 valence electrons. The van der Waals surface area contributed by atoms with Crippen molar-refractivity contribution in [1.82, 2.24) is 20.2 Å². The molecule has 0 amide bonds. The Hall–Kier alpha value is -1.00. The molecule has 0 spiro atoms. The summed E-state index contributed by atoms with van der Waals surface area (Å²) in [6.07, 6.45) is 6.35. The van der Waals surface area contributed by atoms with Crippen LogP contribution in [0.2, 0.25) is 0 Å². The monoisotopic (exact) mass is 194 g/mol. The van der Waals surface area contributed by atoms with Gasteiger partial charge in [0.2, 0.25) is 0 Å². The van der Waals surface area contributed by atoms with Gasteiger partial charge in [0.25, 0.3) is 0 Å². The first-order chi connectivity index (χ1) is 6.74. The summed E-state index contributed by atoms with van der Waals surface area (Å²) in [5, 5.41) is 3.27. The minimum Gasteiger partial charge on any atom is -0.313 e. The standard InChI is InChI=1S/C10H18N4/c1-11-10(4-5-14(2)3)9-6-12-8-13-7-9/h6-8,10-11H,4-5H2,1-3H3. The van der Waals surface area contributed by atoms with Crippen LogP contribution >= 0.6 is 0 Å². The van der Waals surface area contributed by atoms with Crippen molar-refractivity contribution in [1.29, 1.82) is 0 Å². The van der Waals surface area contributed by atoms with Crippen LogP contribution < -0.4 is 5.32 Å². The second-order valence-corrected chi connectivity index (χ2v) is 3.61. The fraction of sp³-hybridized carbons (Fsp3) is 0.600. The van der Waals surface area contributed by atoms with Crippen molar-refractivity contribution in [3.63, 3.8) is 0 Å². The molecule has 0 fully saturated rings. The number of nitrogens with one attached hydrogen (secondary N) is 1. The molecule has 0 radical (unpaired) electrons. The maximum Gasteiger partial charge on any atom is 0.115 e. The van der Waals surface area contributed by atoms with E-state index in [0.717, 1.165) is 18.5 Å². The highest BCUT2D eigenvalue weighted by Gasteiger charge is 2.09. The first-order valence-electron chi connectivity index (χ1n) is 4.81. The van der Waals surface area contributed by atoms with E-state index >= 15 is 0 Å². The molecule has 1 aromatic heterocycles. The number of aromatic nitrogens is 2. The maximum atomic E-state index is 4.02. The van der Waals surface area contributed by atoms with Gasteiger partial charge in [-0.3, -0.25) is 0 Å². The molecule has 4 nitrogen and oxygen atoms in total. The van der Waals surface area contributed by atoms with Gasteiger partial charge in [0.1, 0.15) is 6.33 Å². The normalized spacial score (nSPS) is 13.1. The lowest BCUT2D eigenvalue weighted by molar-refractivity contribution is 0.368. The van der Waals surface area contributed by atoms with Crippen molar-refractivity contribution in [2.75, 3.05) is 27.7 Å². The van der Waals surface area contributed by atoms with Crippen LogP contribution in [0.3, 0.4) is 0 Å². The molecule has 1 N–H and O–H groups in total. The lowest BCUT2D eigenvalue weighted by Gasteiger charge is -2.18. The molecule has 1 heterocycles. The number of rotatable bonds is 5. The third-order valence-corrected chi connectivity index (χ3v) is 2.20. The minimum atomic E-state index is 0.346. The summed E-state index contributed by atoms with van der Waals surface area (Å²) in [5.41, 5.74) is 1.15. The zero-order valence-corrected chi connectivity index (χ0v) is 9.07. The summed E-state index contributed by atoms with van der Waals surface area (Å²) in [6.45, 7) is 1.06. The van der Waals surface area contributed by atoms with E-state index < -0.39 is 0 Å². The van der Waals surface area contributed by atoms with E-state index in [9.17, 15) is 0 Å². The topological polar surface area (TPSA) is 41.0 Å². The van der Waals surface area contributed by atoms with E-state index in [1.807, 2.05) is 19.4 Å². The van der Waals surface area contributed by atoms with Crippen molar-refractivity contribution >= 4 is 0 Å². The Morgan fingerprint density at radius 1 is 1.36 bits per heavy atom. The smallest absolute Gasteiger partial charge is 0.115 e. The summed E-state index contributed by atoms with van der Waals surface area (Å²) in [7, 11) is 6.12. The Bertz CT molecular complexity index is 248. The second kappa shape index (κ2) is 5.67. The molecule has 0 aliphatic carbocycles. The SMILES string of the molecule is CNC(CCN(C)C)c1cncnc1. The van der Waals surface area contributed by atoms with Gasteiger partial charge in [0.05, 0.1) is 0 Å². The summed E-state index contributed by atoms with van der Waals surface area (Å²) in [5.74, 6) is 0. The van der Waals surface area contributed by atoms with Crippen LogP contribution in [0, 0.1) is 0 Å². The summed E-state index contributed by atoms with van der Waals surface area (Å²) in [4.78, 5) is 10.2. The molecule has 0 aliphatic heterocycles. The van der Waals surface area contributed by atoms with Gasteiger partial charge in [-0.25, -0.2) is 9.97 Å². The number of nitrogens with zero attached hydrogens (tertiary/aromatic N) is 3. The highest BCUT2D eigenvalue weighted by Crippen LogP contribution is 2.13. The van der Waals surface area contributed by atoms with Gasteiger partial charge in [-0.15, -0.1) is 0 Å². The highest BCUT2D eigenvalue weighted by molar-refractivity contribution is 5.08. The predicted molar refractivity (Wildman–Crippen MR) is 57.0 cm³/mol. The average Bonchev–Trinajstić information content (AvgIpc) is 2.20. The zero-order valence-electron chi connectivity index (χ0n) is 9.07. The fourth-order valence-electron chi connectivity index (χ4n) is 1.36. The van der Waals surface area contributed by atoms with Gasteiger partial charge in [-0.2, -0.15) is 0 Å². The van der Waals surface area contributed by atoms with Crippen molar-refractivity contribution in [2.45, 2.75) is 12.5 Å². The zero-order chi connectivity index (χ0) is 10.4. The van der Waals surface area contributed by atoms with Gasteiger partial charge < -0.3 is 10.2 Å². The van der Waals surface area contributed by atoms with Gasteiger partial charge in [0.15, 0.2) is 0 Å². The van der Waals surface area contributed by atoms with Crippen LogP contribution in [0.1, 0.15) is 18.0 Å². The summed E-state index contributed by atoms with van der Waals surface area (Å²) >= 11 is 0. The quantitative estimate of drug-likeness (QED) is 0.748. The molecular formula is C10H18N4. The van der Waals surface area contributed by atoms with Crippen LogP contribution in [0.25, 0.3) is 0 Å². The van der Waals surface area contributed by atoms with E-state index in [-0.39, 0.29) is 0 Å². The number of hydrogen-bond acceptors (Lipinski definition) is 4. The van der Waals surface area contributed by atoms with E-state index in [4.69, 9.17) is 0 Å². The number of hydrogen-bond donors (Lipinski definition) is 1. The lowest BCUT2D eigenvalue weighted by atomic mass is 10.1. The molecule has 1 unspecified atom stereocenters. The molecular weight excluding hydrogens is 176 g/mol. The third kappa shape index (κ3) is 3.40. The average molecular weight is 194 g/mol. The highest BCUT2D eigenvalue weighted by atomic mass is 15.1. The molecule has 0 aliphatic rings. The molecule has 1 aromatic rings. The van der Waals surface area contributed by atoms with Gasteiger partial charge in [-0.1, -0.05) is 0 Å². The molecule has 1 rings (SSSR count). The molecule has 4 heteroatoms. The Balaban J connectivity index is 2.54. The van der Waals surface area contributed by atoms with Crippen LogP contribution in [-0.2, 0) is 0 Å². The Morgan fingerprint density at radius 2 is 2.00 bits per heavy atom. The molecule has 0 saturated carbocycles. The van der Waals surface area contributed by atoms with Crippen molar-refractivity contribution in [3.05, 3.63) is 24.3 Å². The maximum absolute atomic E-state index is 4.02. The van der Waals surface area contributed by atoms with Gasteiger partial charge in [0, 0.05) is 24.0 Å². The first kappa shape index (κ1) is 11.1. The van der Waals surface area contributed by atoms with Crippen LogP contribution in [-0.4, -0.2) is 42.6 Å². The van der Waals surface area contributed by atoms with Crippen LogP contribution in [0.5, 0.6) is 0 Å². The van der Waals surface area contributed by atoms with Crippen LogP contribution in [0.4, 0.5) is 0 Å². The minimum absolute atomic E-state index is 0.346. The second-order valence-electron chi connectivity index (χ2n) is 3.61. The molecule has 0 aromatic carbocycles. The van der Waals surface area contributed by atoms with Gasteiger partial charge in [-0.05, 0) is 34.1 Å². The van der Waals surface area contributed by atoms with Crippen LogP contribution in [0.15, 0.2) is 18.7 Å². The Labute approximate surface area is 85.4 Å².